The lowest BCUT2D eigenvalue weighted by atomic mass is 10.3. The number of nitrogens with zero attached hydrogens (tertiary/aromatic N) is 2. The van der Waals surface area contributed by atoms with Gasteiger partial charge in [-0.05, 0) is 24.4 Å². The van der Waals surface area contributed by atoms with Crippen LogP contribution in [-0.2, 0) is 12.8 Å². The summed E-state index contributed by atoms with van der Waals surface area (Å²) in [4.78, 5) is 8.21. The average Bonchev–Trinajstić information content (AvgIpc) is 2.97. The molecule has 2 heterocycles. The van der Waals surface area contributed by atoms with Gasteiger partial charge in [0.05, 0.1) is 5.69 Å². The number of nitrogens with two attached hydrogens (primary N) is 1. The highest BCUT2D eigenvalue weighted by Gasteiger charge is 2.07. The SMILES string of the molecule is CN(CCc1cccs1)c1nc(CCN)cs1. The van der Waals surface area contributed by atoms with Gasteiger partial charge in [0.1, 0.15) is 0 Å². The maximum Gasteiger partial charge on any atom is 0.185 e. The van der Waals surface area contributed by atoms with Crippen molar-refractivity contribution in [2.45, 2.75) is 12.8 Å². The lowest BCUT2D eigenvalue weighted by molar-refractivity contribution is 0.868. The molecule has 0 aliphatic carbocycles. The Hall–Kier alpha value is -0.910. The summed E-state index contributed by atoms with van der Waals surface area (Å²) in [5.74, 6) is 0. The molecule has 3 nitrogen and oxygen atoms in total. The Labute approximate surface area is 110 Å². The third-order valence-electron chi connectivity index (χ3n) is 2.54. The smallest absolute Gasteiger partial charge is 0.185 e. The van der Waals surface area contributed by atoms with Crippen molar-refractivity contribution >= 4 is 27.8 Å². The molecule has 0 unspecified atom stereocenters. The van der Waals surface area contributed by atoms with Gasteiger partial charge < -0.3 is 10.6 Å². The van der Waals surface area contributed by atoms with Crippen LogP contribution in [0.3, 0.4) is 0 Å². The van der Waals surface area contributed by atoms with Gasteiger partial charge in [0.2, 0.25) is 0 Å². The van der Waals surface area contributed by atoms with Crippen molar-refractivity contribution in [3.63, 3.8) is 0 Å². The minimum Gasteiger partial charge on any atom is -0.351 e. The second-order valence-corrected chi connectivity index (χ2v) is 5.78. The zero-order chi connectivity index (χ0) is 12.1. The second kappa shape index (κ2) is 6.14. The highest BCUT2D eigenvalue weighted by Crippen LogP contribution is 2.20. The third kappa shape index (κ3) is 3.52. The van der Waals surface area contributed by atoms with Crippen LogP contribution >= 0.6 is 22.7 Å². The molecule has 0 saturated carbocycles. The van der Waals surface area contributed by atoms with Crippen LogP contribution in [0, 0.1) is 0 Å². The van der Waals surface area contributed by atoms with Crippen LogP contribution in [-0.4, -0.2) is 25.1 Å². The number of likely N-dealkylation sites (N-methyl/N-ethyl adjacent to an activating group) is 1. The first-order valence-electron chi connectivity index (χ1n) is 5.67. The van der Waals surface area contributed by atoms with Crippen LogP contribution in [0.2, 0.25) is 0 Å². The fraction of sp³-hybridized carbons (Fsp3) is 0.417. The fourth-order valence-electron chi connectivity index (χ4n) is 1.56. The van der Waals surface area contributed by atoms with E-state index < -0.39 is 0 Å². The van der Waals surface area contributed by atoms with Gasteiger partial charge in [0, 0.05) is 30.3 Å². The van der Waals surface area contributed by atoms with Gasteiger partial charge >= 0.3 is 0 Å². The molecule has 2 N–H and O–H groups in total. The number of hydrogen-bond acceptors (Lipinski definition) is 5. The molecule has 5 heteroatoms. The zero-order valence-corrected chi connectivity index (χ0v) is 11.6. The molecule has 0 bridgehead atoms. The first-order chi connectivity index (χ1) is 8.29. The molecule has 0 fully saturated rings. The van der Waals surface area contributed by atoms with E-state index in [1.807, 2.05) is 11.3 Å². The van der Waals surface area contributed by atoms with Crippen molar-refractivity contribution in [3.05, 3.63) is 33.5 Å². The Bertz CT molecular complexity index is 436. The highest BCUT2D eigenvalue weighted by atomic mass is 32.1. The Morgan fingerprint density at radius 2 is 2.24 bits per heavy atom. The molecule has 17 heavy (non-hydrogen) atoms. The van der Waals surface area contributed by atoms with Gasteiger partial charge in [-0.15, -0.1) is 22.7 Å². The van der Waals surface area contributed by atoms with Gasteiger partial charge in [-0.1, -0.05) is 6.07 Å². The number of thiophene rings is 1. The third-order valence-corrected chi connectivity index (χ3v) is 4.48. The van der Waals surface area contributed by atoms with E-state index in [-0.39, 0.29) is 0 Å². The van der Waals surface area contributed by atoms with Crippen LogP contribution in [0.15, 0.2) is 22.9 Å². The van der Waals surface area contributed by atoms with Crippen LogP contribution in [0.5, 0.6) is 0 Å². The van der Waals surface area contributed by atoms with E-state index in [1.165, 1.54) is 4.88 Å². The van der Waals surface area contributed by atoms with Crippen LogP contribution in [0.4, 0.5) is 5.13 Å². The number of anilines is 1. The molecule has 2 rings (SSSR count). The Kier molecular flexibility index (Phi) is 4.53. The number of hydrogen-bond donors (Lipinski definition) is 1. The van der Waals surface area contributed by atoms with Gasteiger partial charge in [-0.2, -0.15) is 0 Å². The quantitative estimate of drug-likeness (QED) is 0.874. The summed E-state index contributed by atoms with van der Waals surface area (Å²) in [5.41, 5.74) is 6.63. The molecule has 2 aromatic heterocycles. The normalized spacial score (nSPS) is 10.7. The molecule has 92 valence electrons. The van der Waals surface area contributed by atoms with Crippen molar-refractivity contribution in [1.29, 1.82) is 0 Å². The summed E-state index contributed by atoms with van der Waals surface area (Å²) in [6.45, 7) is 1.68. The van der Waals surface area contributed by atoms with Gasteiger partial charge in [-0.25, -0.2) is 4.98 Å². The summed E-state index contributed by atoms with van der Waals surface area (Å²) in [6.07, 6.45) is 1.95. The predicted molar refractivity (Wildman–Crippen MR) is 76.2 cm³/mol. The monoisotopic (exact) mass is 267 g/mol. The van der Waals surface area contributed by atoms with Crippen molar-refractivity contribution in [3.8, 4) is 0 Å². The molecule has 0 aliphatic heterocycles. The first-order valence-corrected chi connectivity index (χ1v) is 7.43. The standard InChI is InChI=1S/C12H17N3S2/c1-15(7-5-11-3-2-8-16-11)12-14-10(4-6-13)9-17-12/h2-3,8-9H,4-7,13H2,1H3. The minimum atomic E-state index is 0.669. The highest BCUT2D eigenvalue weighted by molar-refractivity contribution is 7.13. The minimum absolute atomic E-state index is 0.669. The van der Waals surface area contributed by atoms with Gasteiger partial charge in [-0.3, -0.25) is 0 Å². The zero-order valence-electron chi connectivity index (χ0n) is 9.93. The van der Waals surface area contributed by atoms with Crippen LogP contribution in [0.1, 0.15) is 10.6 Å². The molecule has 0 radical (unpaired) electrons. The van der Waals surface area contributed by atoms with E-state index in [9.17, 15) is 0 Å². The maximum absolute atomic E-state index is 5.52. The Morgan fingerprint density at radius 3 is 2.94 bits per heavy atom. The summed E-state index contributed by atoms with van der Waals surface area (Å²) >= 11 is 3.51. The molecule has 0 saturated heterocycles. The Morgan fingerprint density at radius 1 is 1.35 bits per heavy atom. The van der Waals surface area contributed by atoms with E-state index in [0.29, 0.717) is 6.54 Å². The van der Waals surface area contributed by atoms with E-state index in [1.54, 1.807) is 11.3 Å². The first kappa shape index (κ1) is 12.5. The second-order valence-electron chi connectivity index (χ2n) is 3.91. The number of thiazole rings is 1. The molecular formula is C12H17N3S2. The summed E-state index contributed by atoms with van der Waals surface area (Å²) in [5, 5.41) is 5.31. The van der Waals surface area contributed by atoms with Crippen molar-refractivity contribution in [2.75, 3.05) is 25.0 Å². The molecular weight excluding hydrogens is 250 g/mol. The van der Waals surface area contributed by atoms with E-state index >= 15 is 0 Å². The van der Waals surface area contributed by atoms with E-state index in [2.05, 4.69) is 39.8 Å². The van der Waals surface area contributed by atoms with Crippen LogP contribution in [0.25, 0.3) is 0 Å². The molecule has 0 atom stereocenters. The summed E-state index contributed by atoms with van der Waals surface area (Å²) in [7, 11) is 2.10. The molecule has 0 spiro atoms. The summed E-state index contributed by atoms with van der Waals surface area (Å²) < 4.78 is 0. The Balaban J connectivity index is 1.88. The van der Waals surface area contributed by atoms with Gasteiger partial charge in [0.15, 0.2) is 5.13 Å². The van der Waals surface area contributed by atoms with Gasteiger partial charge in [0.25, 0.3) is 0 Å². The van der Waals surface area contributed by atoms with E-state index in [4.69, 9.17) is 5.73 Å². The largest absolute Gasteiger partial charge is 0.351 e. The molecule has 0 aromatic carbocycles. The lowest BCUT2D eigenvalue weighted by Gasteiger charge is -2.14. The maximum atomic E-state index is 5.52. The predicted octanol–water partition coefficient (Wildman–Crippen LogP) is 2.38. The molecule has 2 aromatic rings. The van der Waals surface area contributed by atoms with Crippen molar-refractivity contribution in [2.24, 2.45) is 5.73 Å². The van der Waals surface area contributed by atoms with Crippen LogP contribution < -0.4 is 10.6 Å². The number of aromatic nitrogens is 1. The topological polar surface area (TPSA) is 42.2 Å². The number of rotatable bonds is 6. The van der Waals surface area contributed by atoms with Crippen molar-refractivity contribution < 1.29 is 0 Å². The average molecular weight is 267 g/mol. The molecule has 0 amide bonds. The van der Waals surface area contributed by atoms with Crippen molar-refractivity contribution in [1.82, 2.24) is 4.98 Å². The molecule has 0 aliphatic rings. The lowest BCUT2D eigenvalue weighted by Crippen LogP contribution is -2.19. The fourth-order valence-corrected chi connectivity index (χ4v) is 3.11. The summed E-state index contributed by atoms with van der Waals surface area (Å²) in [6, 6.07) is 4.28. The van der Waals surface area contributed by atoms with E-state index in [0.717, 1.165) is 30.2 Å².